The summed E-state index contributed by atoms with van der Waals surface area (Å²) in [4.78, 5) is 45.5. The summed E-state index contributed by atoms with van der Waals surface area (Å²) < 4.78 is 10.8. The van der Waals surface area contributed by atoms with E-state index in [0.717, 1.165) is 35.4 Å². The highest BCUT2D eigenvalue weighted by molar-refractivity contribution is 6.07. The Bertz CT molecular complexity index is 1240. The fourth-order valence-electron chi connectivity index (χ4n) is 5.87. The highest BCUT2D eigenvalue weighted by Gasteiger charge is 2.58. The van der Waals surface area contributed by atoms with Crippen LogP contribution >= 0.6 is 0 Å². The molecular formula is C32H41N3O5. The number of benzene rings is 2. The van der Waals surface area contributed by atoms with Gasteiger partial charge >= 0.3 is 12.0 Å². The fourth-order valence-corrected chi connectivity index (χ4v) is 5.87. The van der Waals surface area contributed by atoms with Crippen molar-refractivity contribution in [2.75, 3.05) is 38.2 Å². The molecule has 2 heterocycles. The minimum absolute atomic E-state index is 0.0301. The molecule has 2 aliphatic heterocycles. The van der Waals surface area contributed by atoms with Crippen LogP contribution in [0.4, 0.5) is 10.5 Å². The van der Waals surface area contributed by atoms with E-state index in [4.69, 9.17) is 9.47 Å². The second-order valence-electron chi connectivity index (χ2n) is 12.3. The first kappa shape index (κ1) is 28.0. The van der Waals surface area contributed by atoms with Gasteiger partial charge < -0.3 is 19.3 Å². The number of amides is 3. The van der Waals surface area contributed by atoms with Gasteiger partial charge in [0.15, 0.2) is 0 Å². The molecule has 5 rings (SSSR count). The van der Waals surface area contributed by atoms with E-state index >= 15 is 0 Å². The summed E-state index contributed by atoms with van der Waals surface area (Å²) in [6.07, 6.45) is 4.23. The number of carbonyl (C=O) groups excluding carboxylic acids is 3. The zero-order chi connectivity index (χ0) is 28.5. The maximum atomic E-state index is 13.9. The normalized spacial score (nSPS) is 18.9. The third-order valence-corrected chi connectivity index (χ3v) is 8.18. The van der Waals surface area contributed by atoms with Crippen molar-refractivity contribution in [3.05, 3.63) is 59.7 Å². The number of nitrogens with zero attached hydrogens (tertiary/aromatic N) is 3. The first-order valence-corrected chi connectivity index (χ1v) is 14.4. The molecule has 2 aromatic carbocycles. The highest BCUT2D eigenvalue weighted by atomic mass is 16.6. The van der Waals surface area contributed by atoms with E-state index in [1.807, 2.05) is 74.2 Å². The molecule has 0 radical (unpaired) electrons. The Balaban J connectivity index is 1.29. The largest absolute Gasteiger partial charge is 0.497 e. The molecule has 1 saturated carbocycles. The number of ether oxygens (including phenoxy) is 2. The molecule has 3 amide bonds. The molecule has 214 valence electrons. The van der Waals surface area contributed by atoms with Crippen molar-refractivity contribution in [1.29, 1.82) is 0 Å². The number of imide groups is 1. The third kappa shape index (κ3) is 6.11. The van der Waals surface area contributed by atoms with Gasteiger partial charge in [0.2, 0.25) is 0 Å². The van der Waals surface area contributed by atoms with Gasteiger partial charge in [0.1, 0.15) is 16.9 Å². The van der Waals surface area contributed by atoms with E-state index in [2.05, 4.69) is 4.90 Å². The van der Waals surface area contributed by atoms with Crippen molar-refractivity contribution < 1.29 is 23.9 Å². The van der Waals surface area contributed by atoms with Gasteiger partial charge in [-0.25, -0.2) is 4.79 Å². The van der Waals surface area contributed by atoms with Crippen LogP contribution in [0.15, 0.2) is 48.5 Å². The average Bonchev–Trinajstić information content (AvgIpc) is 3.72. The molecule has 0 atom stereocenters. The Morgan fingerprint density at radius 1 is 1.00 bits per heavy atom. The second kappa shape index (κ2) is 11.1. The highest BCUT2D eigenvalue weighted by Crippen LogP contribution is 2.41. The van der Waals surface area contributed by atoms with E-state index in [1.165, 1.54) is 4.90 Å². The smallest absolute Gasteiger partial charge is 0.327 e. The minimum Gasteiger partial charge on any atom is -0.497 e. The topological polar surface area (TPSA) is 79.4 Å². The van der Waals surface area contributed by atoms with Crippen LogP contribution in [0.25, 0.3) is 0 Å². The number of carbonyl (C=O) groups is 3. The van der Waals surface area contributed by atoms with Gasteiger partial charge in [-0.3, -0.25) is 14.5 Å². The monoisotopic (exact) mass is 547 g/mol. The van der Waals surface area contributed by atoms with Crippen LogP contribution in [-0.4, -0.2) is 72.1 Å². The first-order chi connectivity index (χ1) is 19.1. The molecule has 0 aromatic heterocycles. The van der Waals surface area contributed by atoms with Gasteiger partial charge in [-0.2, -0.15) is 0 Å². The summed E-state index contributed by atoms with van der Waals surface area (Å²) in [7, 11) is 1.64. The van der Waals surface area contributed by atoms with Crippen LogP contribution in [0.2, 0.25) is 0 Å². The van der Waals surface area contributed by atoms with Crippen molar-refractivity contribution in [2.24, 2.45) is 5.92 Å². The van der Waals surface area contributed by atoms with Crippen LogP contribution < -0.4 is 9.64 Å². The molecule has 40 heavy (non-hydrogen) atoms. The summed E-state index contributed by atoms with van der Waals surface area (Å²) in [5, 5.41) is 0. The second-order valence-corrected chi connectivity index (χ2v) is 12.3. The Morgan fingerprint density at radius 2 is 1.70 bits per heavy atom. The molecule has 0 unspecified atom stereocenters. The van der Waals surface area contributed by atoms with Gasteiger partial charge in [-0.05, 0) is 94.2 Å². The molecular weight excluding hydrogens is 506 g/mol. The molecule has 8 heteroatoms. The number of piperidine rings is 1. The average molecular weight is 548 g/mol. The van der Waals surface area contributed by atoms with Gasteiger partial charge in [0.25, 0.3) is 5.91 Å². The van der Waals surface area contributed by atoms with Crippen LogP contribution in [0.1, 0.15) is 57.6 Å². The lowest BCUT2D eigenvalue weighted by Crippen LogP contribution is -2.57. The number of methoxy groups -OCH3 is 1. The fraction of sp³-hybridized carbons (Fsp3) is 0.531. The van der Waals surface area contributed by atoms with Crippen molar-refractivity contribution in [2.45, 2.75) is 70.4 Å². The van der Waals surface area contributed by atoms with E-state index in [-0.39, 0.29) is 24.3 Å². The number of anilines is 1. The molecule has 3 fully saturated rings. The lowest BCUT2D eigenvalue weighted by atomic mass is 9.85. The summed E-state index contributed by atoms with van der Waals surface area (Å²) >= 11 is 0. The van der Waals surface area contributed by atoms with E-state index in [1.54, 1.807) is 7.11 Å². The molecule has 3 aliphatic rings. The molecule has 0 N–H and O–H groups in total. The molecule has 1 aliphatic carbocycles. The summed E-state index contributed by atoms with van der Waals surface area (Å²) in [5.41, 5.74) is 1.70. The number of esters is 1. The number of rotatable bonds is 9. The van der Waals surface area contributed by atoms with Gasteiger partial charge in [-0.1, -0.05) is 24.3 Å². The maximum Gasteiger partial charge on any atom is 0.327 e. The number of hydrogen-bond donors (Lipinski definition) is 0. The standard InChI is InChI=1S/C32H41N3O5/c1-31(2,3)40-28(36)21-25-6-5-7-26(20-25)33-18-15-32(16-19-33)29(37)34(22-24-8-9-24)30(38)35(32)17-14-23-10-12-27(39-4)13-11-23/h5-7,10-13,20,24H,8-9,14-19,21-22H2,1-4H3. The van der Waals surface area contributed by atoms with Gasteiger partial charge in [0.05, 0.1) is 13.5 Å². The van der Waals surface area contributed by atoms with E-state index in [9.17, 15) is 14.4 Å². The summed E-state index contributed by atoms with van der Waals surface area (Å²) in [5.74, 6) is 0.961. The number of urea groups is 1. The minimum atomic E-state index is -0.803. The van der Waals surface area contributed by atoms with Crippen LogP contribution in [0.3, 0.4) is 0 Å². The summed E-state index contributed by atoms with van der Waals surface area (Å²) in [6, 6.07) is 15.7. The van der Waals surface area contributed by atoms with Crippen LogP contribution in [0.5, 0.6) is 5.75 Å². The molecule has 0 bridgehead atoms. The SMILES string of the molecule is COc1ccc(CCN2C(=O)N(CC3CC3)C(=O)C23CCN(c2cccc(CC(=O)OC(C)(C)C)c2)CC3)cc1. The number of hydrogen-bond acceptors (Lipinski definition) is 6. The van der Waals surface area contributed by atoms with E-state index in [0.29, 0.717) is 51.4 Å². The van der Waals surface area contributed by atoms with Crippen molar-refractivity contribution >= 4 is 23.6 Å². The molecule has 2 aromatic rings. The zero-order valence-corrected chi connectivity index (χ0v) is 24.2. The predicted octanol–water partition coefficient (Wildman–Crippen LogP) is 4.84. The molecule has 8 nitrogen and oxygen atoms in total. The first-order valence-electron chi connectivity index (χ1n) is 14.4. The third-order valence-electron chi connectivity index (χ3n) is 8.18. The Labute approximate surface area is 237 Å². The van der Waals surface area contributed by atoms with Crippen molar-refractivity contribution in [1.82, 2.24) is 9.80 Å². The Hall–Kier alpha value is -3.55. The van der Waals surface area contributed by atoms with Gasteiger partial charge in [-0.15, -0.1) is 0 Å². The predicted molar refractivity (Wildman–Crippen MR) is 153 cm³/mol. The van der Waals surface area contributed by atoms with Crippen LogP contribution in [0, 0.1) is 5.92 Å². The van der Waals surface area contributed by atoms with Crippen molar-refractivity contribution in [3.63, 3.8) is 0 Å². The Morgan fingerprint density at radius 3 is 2.33 bits per heavy atom. The quantitative estimate of drug-likeness (QED) is 0.330. The zero-order valence-electron chi connectivity index (χ0n) is 24.2. The molecule has 2 saturated heterocycles. The Kier molecular flexibility index (Phi) is 7.80. The van der Waals surface area contributed by atoms with Gasteiger partial charge in [0, 0.05) is 31.9 Å². The lowest BCUT2D eigenvalue weighted by molar-refractivity contribution is -0.153. The van der Waals surface area contributed by atoms with Crippen LogP contribution in [-0.2, 0) is 27.2 Å². The molecule has 1 spiro atoms. The lowest BCUT2D eigenvalue weighted by Gasteiger charge is -2.43. The van der Waals surface area contributed by atoms with E-state index < -0.39 is 11.1 Å². The van der Waals surface area contributed by atoms with Crippen molar-refractivity contribution in [3.8, 4) is 5.75 Å². The summed E-state index contributed by atoms with van der Waals surface area (Å²) in [6.45, 7) is 7.96. The maximum absolute atomic E-state index is 13.9.